The Bertz CT molecular complexity index is 290. The average molecular weight is 263 g/mol. The highest BCUT2D eigenvalue weighted by Gasteiger charge is 2.45. The van der Waals surface area contributed by atoms with Crippen LogP contribution in [0.4, 0.5) is 0 Å². The maximum absolute atomic E-state index is 11.8. The molecule has 0 heterocycles. The fourth-order valence-corrected chi connectivity index (χ4v) is 1.60. The van der Waals surface area contributed by atoms with Crippen LogP contribution in [-0.4, -0.2) is 30.5 Å². The van der Waals surface area contributed by atoms with Crippen LogP contribution in [0.2, 0.25) is 0 Å². The fraction of sp³-hybridized carbons (Fsp3) is 0.667. The van der Waals surface area contributed by atoms with Gasteiger partial charge >= 0.3 is 11.9 Å². The van der Waals surface area contributed by atoms with Gasteiger partial charge in [-0.05, 0) is 27.2 Å². The van der Waals surface area contributed by atoms with Gasteiger partial charge in [-0.15, -0.1) is 18.2 Å². The number of carbonyl (C=O) groups is 2. The molecule has 0 aromatic carbocycles. The molecule has 0 amide bonds. The fourth-order valence-electron chi connectivity index (χ4n) is 1.36. The average Bonchev–Trinajstić information content (AvgIpc) is 2.28. The maximum atomic E-state index is 11.8. The first-order valence-corrected chi connectivity index (χ1v) is 5.96. The highest BCUT2D eigenvalue weighted by Crippen LogP contribution is 2.33. The van der Waals surface area contributed by atoms with E-state index in [9.17, 15) is 9.59 Å². The van der Waals surface area contributed by atoms with E-state index in [0.717, 1.165) is 0 Å². The topological polar surface area (TPSA) is 52.6 Å². The van der Waals surface area contributed by atoms with Crippen molar-refractivity contribution in [3.8, 4) is 0 Å². The van der Waals surface area contributed by atoms with Gasteiger partial charge in [0, 0.05) is 0 Å². The summed E-state index contributed by atoms with van der Waals surface area (Å²) in [7, 11) is 0. The van der Waals surface area contributed by atoms with E-state index < -0.39 is 22.7 Å². The lowest BCUT2D eigenvalue weighted by Crippen LogP contribution is -2.43. The zero-order chi connectivity index (χ0) is 13.5. The number of carbonyl (C=O) groups excluding carboxylic acids is 2. The molecule has 0 radical (unpaired) electrons. The smallest absolute Gasteiger partial charge is 0.325 e. The van der Waals surface area contributed by atoms with Gasteiger partial charge in [-0.2, -0.15) is 0 Å². The zero-order valence-corrected chi connectivity index (χ0v) is 11.3. The molecule has 0 aliphatic heterocycles. The lowest BCUT2D eigenvalue weighted by molar-refractivity contribution is -0.160. The molecule has 0 aromatic rings. The van der Waals surface area contributed by atoms with Crippen LogP contribution in [-0.2, 0) is 19.1 Å². The number of halogens is 1. The number of alkyl halides is 1. The molecule has 0 saturated heterocycles. The summed E-state index contributed by atoms with van der Waals surface area (Å²) < 4.78 is 9.74. The molecular formula is C12H19ClO4. The minimum atomic E-state index is -1.15. The molecule has 17 heavy (non-hydrogen) atoms. The largest absolute Gasteiger partial charge is 0.466 e. The number of rotatable bonds is 7. The van der Waals surface area contributed by atoms with Crippen LogP contribution in [0.15, 0.2) is 12.7 Å². The summed E-state index contributed by atoms with van der Waals surface area (Å²) in [5.74, 6) is -1.14. The Balaban J connectivity index is 4.97. The van der Waals surface area contributed by atoms with Crippen molar-refractivity contribution in [1.82, 2.24) is 0 Å². The highest BCUT2D eigenvalue weighted by molar-refractivity contribution is 6.31. The molecule has 0 unspecified atom stereocenters. The van der Waals surface area contributed by atoms with Crippen LogP contribution in [0.25, 0.3) is 0 Å². The lowest BCUT2D eigenvalue weighted by atomic mass is 9.83. The molecule has 98 valence electrons. The van der Waals surface area contributed by atoms with E-state index in [0.29, 0.717) is 0 Å². The van der Waals surface area contributed by atoms with Gasteiger partial charge in [-0.3, -0.25) is 9.59 Å². The van der Waals surface area contributed by atoms with Crippen molar-refractivity contribution in [3.05, 3.63) is 12.7 Å². The second-order valence-electron chi connectivity index (χ2n) is 3.75. The van der Waals surface area contributed by atoms with Crippen LogP contribution < -0.4 is 0 Å². The van der Waals surface area contributed by atoms with Crippen LogP contribution in [0, 0.1) is 5.41 Å². The van der Waals surface area contributed by atoms with Gasteiger partial charge in [0.25, 0.3) is 0 Å². The van der Waals surface area contributed by atoms with E-state index >= 15 is 0 Å². The standard InChI is InChI=1S/C12H19ClO4/c1-5-8-12(4,11(15)17-7-3)9(13)10(14)16-6-2/h5,9H,1,6-8H2,2-4H3/t9-,12+/m1/s1. The minimum Gasteiger partial charge on any atom is -0.466 e. The predicted octanol–water partition coefficient (Wildman–Crippen LogP) is 2.30. The molecule has 0 saturated carbocycles. The molecule has 0 aromatic heterocycles. The van der Waals surface area contributed by atoms with Gasteiger partial charge in [-0.25, -0.2) is 0 Å². The summed E-state index contributed by atoms with van der Waals surface area (Å²) in [5.41, 5.74) is -1.15. The zero-order valence-electron chi connectivity index (χ0n) is 10.5. The molecule has 0 spiro atoms. The SMILES string of the molecule is C=CC[C@](C)(C(=O)OCC)[C@H](Cl)C(=O)OCC. The molecule has 4 nitrogen and oxygen atoms in total. The Hall–Kier alpha value is -1.03. The van der Waals surface area contributed by atoms with Crippen molar-refractivity contribution >= 4 is 23.5 Å². The molecule has 5 heteroatoms. The second kappa shape index (κ2) is 7.33. The van der Waals surface area contributed by atoms with E-state index in [1.807, 2.05) is 0 Å². The van der Waals surface area contributed by atoms with Crippen LogP contribution in [0.1, 0.15) is 27.2 Å². The summed E-state index contributed by atoms with van der Waals surface area (Å²) in [5, 5.41) is -1.08. The third-order valence-electron chi connectivity index (χ3n) is 2.36. The van der Waals surface area contributed by atoms with Gasteiger partial charge in [-0.1, -0.05) is 6.08 Å². The predicted molar refractivity (Wildman–Crippen MR) is 65.8 cm³/mol. The molecule has 2 atom stereocenters. The van der Waals surface area contributed by atoms with Crippen LogP contribution >= 0.6 is 11.6 Å². The van der Waals surface area contributed by atoms with E-state index in [1.165, 1.54) is 6.08 Å². The summed E-state index contributed by atoms with van der Waals surface area (Å²) in [6.07, 6.45) is 1.78. The Morgan fingerprint density at radius 2 is 1.88 bits per heavy atom. The number of hydrogen-bond donors (Lipinski definition) is 0. The Kier molecular flexibility index (Phi) is 6.88. The first kappa shape index (κ1) is 16.0. The monoisotopic (exact) mass is 262 g/mol. The summed E-state index contributed by atoms with van der Waals surface area (Å²) in [6.45, 7) is 8.95. The number of allylic oxidation sites excluding steroid dienone is 1. The third-order valence-corrected chi connectivity index (χ3v) is 3.02. The lowest BCUT2D eigenvalue weighted by Gasteiger charge is -2.29. The van der Waals surface area contributed by atoms with Gasteiger partial charge < -0.3 is 9.47 Å². The first-order chi connectivity index (χ1) is 7.93. The van der Waals surface area contributed by atoms with Crippen molar-refractivity contribution in [2.45, 2.75) is 32.6 Å². The van der Waals surface area contributed by atoms with E-state index in [-0.39, 0.29) is 19.6 Å². The summed E-state index contributed by atoms with van der Waals surface area (Å²) in [6, 6.07) is 0. The Morgan fingerprint density at radius 3 is 2.29 bits per heavy atom. The molecule has 0 rings (SSSR count). The molecular weight excluding hydrogens is 244 g/mol. The van der Waals surface area contributed by atoms with Gasteiger partial charge in [0.05, 0.1) is 18.6 Å². The van der Waals surface area contributed by atoms with Gasteiger partial charge in [0.15, 0.2) is 0 Å². The quantitative estimate of drug-likeness (QED) is 0.401. The Labute approximate surface area is 107 Å². The number of hydrogen-bond acceptors (Lipinski definition) is 4. The number of esters is 2. The summed E-state index contributed by atoms with van der Waals surface area (Å²) >= 11 is 6.00. The van der Waals surface area contributed by atoms with Gasteiger partial charge in [0.2, 0.25) is 0 Å². The van der Waals surface area contributed by atoms with Crippen molar-refractivity contribution in [3.63, 3.8) is 0 Å². The van der Waals surface area contributed by atoms with Crippen LogP contribution in [0.3, 0.4) is 0 Å². The maximum Gasteiger partial charge on any atom is 0.325 e. The van der Waals surface area contributed by atoms with Crippen molar-refractivity contribution < 1.29 is 19.1 Å². The number of ether oxygens (including phenoxy) is 2. The van der Waals surface area contributed by atoms with Gasteiger partial charge in [0.1, 0.15) is 5.38 Å². The van der Waals surface area contributed by atoms with Crippen molar-refractivity contribution in [2.24, 2.45) is 5.41 Å². The van der Waals surface area contributed by atoms with E-state index in [2.05, 4.69) is 6.58 Å². The molecule has 0 bridgehead atoms. The van der Waals surface area contributed by atoms with Crippen molar-refractivity contribution in [1.29, 1.82) is 0 Å². The molecule has 0 aliphatic rings. The van der Waals surface area contributed by atoms with Crippen molar-refractivity contribution in [2.75, 3.05) is 13.2 Å². The molecule has 0 N–H and O–H groups in total. The summed E-state index contributed by atoms with van der Waals surface area (Å²) in [4.78, 5) is 23.4. The van der Waals surface area contributed by atoms with E-state index in [1.54, 1.807) is 20.8 Å². The van der Waals surface area contributed by atoms with Crippen LogP contribution in [0.5, 0.6) is 0 Å². The third kappa shape index (κ3) is 4.04. The first-order valence-electron chi connectivity index (χ1n) is 5.52. The minimum absolute atomic E-state index is 0.217. The molecule has 0 fully saturated rings. The molecule has 0 aliphatic carbocycles. The Morgan fingerprint density at radius 1 is 1.35 bits per heavy atom. The van der Waals surface area contributed by atoms with E-state index in [4.69, 9.17) is 21.1 Å². The highest BCUT2D eigenvalue weighted by atomic mass is 35.5. The second-order valence-corrected chi connectivity index (χ2v) is 4.18. The normalized spacial score (nSPS) is 15.5.